The number of nitrogens with one attached hydrogen (secondary N) is 1. The van der Waals surface area contributed by atoms with Crippen LogP contribution in [0.25, 0.3) is 0 Å². The van der Waals surface area contributed by atoms with Gasteiger partial charge in [-0.05, 0) is 38.1 Å². The first-order chi connectivity index (χ1) is 8.31. The summed E-state index contributed by atoms with van der Waals surface area (Å²) in [6, 6.07) is 4.71. The van der Waals surface area contributed by atoms with E-state index < -0.39 is 0 Å². The fraction of sp³-hybridized carbons (Fsp3) is 0.615. The van der Waals surface area contributed by atoms with E-state index in [1.54, 1.807) is 7.11 Å². The quantitative estimate of drug-likeness (QED) is 0.853. The van der Waals surface area contributed by atoms with Gasteiger partial charge in [0.25, 0.3) is 0 Å². The van der Waals surface area contributed by atoms with Crippen LogP contribution in [0.2, 0.25) is 0 Å². The fourth-order valence-corrected chi connectivity index (χ4v) is 2.35. The molecule has 0 radical (unpaired) electrons. The maximum atomic E-state index is 5.14. The molecule has 94 valence electrons. The van der Waals surface area contributed by atoms with Gasteiger partial charge in [0, 0.05) is 31.4 Å². The molecule has 4 heteroatoms. The van der Waals surface area contributed by atoms with Crippen LogP contribution in [0.4, 0.5) is 0 Å². The first kappa shape index (κ1) is 12.3. The standard InChI is InChI=1S/C13H21N3O/c1-14-12-4-3-7-16(10-12)9-11-5-6-15-13(8-11)17-2/h5-6,8,12,14H,3-4,7,9-10H2,1-2H3. The summed E-state index contributed by atoms with van der Waals surface area (Å²) >= 11 is 0. The molecule has 0 bridgehead atoms. The number of likely N-dealkylation sites (N-methyl/N-ethyl adjacent to an activating group) is 1. The highest BCUT2D eigenvalue weighted by Crippen LogP contribution is 2.15. The van der Waals surface area contributed by atoms with Gasteiger partial charge < -0.3 is 10.1 Å². The lowest BCUT2D eigenvalue weighted by molar-refractivity contribution is 0.188. The SMILES string of the molecule is CNC1CCCN(Cc2ccnc(OC)c2)C1. The molecule has 0 aliphatic carbocycles. The molecule has 0 amide bonds. The molecule has 0 saturated carbocycles. The predicted molar refractivity (Wildman–Crippen MR) is 68.1 cm³/mol. The Morgan fingerprint density at radius 3 is 3.24 bits per heavy atom. The Labute approximate surface area is 103 Å². The van der Waals surface area contributed by atoms with E-state index >= 15 is 0 Å². The van der Waals surface area contributed by atoms with Gasteiger partial charge in [0.15, 0.2) is 0 Å². The number of nitrogens with zero attached hydrogens (tertiary/aromatic N) is 2. The van der Waals surface area contributed by atoms with Crippen LogP contribution in [0.1, 0.15) is 18.4 Å². The van der Waals surface area contributed by atoms with Crippen molar-refractivity contribution in [3.63, 3.8) is 0 Å². The number of rotatable bonds is 4. The van der Waals surface area contributed by atoms with Crippen LogP contribution >= 0.6 is 0 Å². The van der Waals surface area contributed by atoms with Gasteiger partial charge in [-0.3, -0.25) is 4.90 Å². The topological polar surface area (TPSA) is 37.4 Å². The molecule has 1 aromatic rings. The fourth-order valence-electron chi connectivity index (χ4n) is 2.35. The van der Waals surface area contributed by atoms with Crippen molar-refractivity contribution in [2.45, 2.75) is 25.4 Å². The van der Waals surface area contributed by atoms with Gasteiger partial charge in [-0.2, -0.15) is 0 Å². The van der Waals surface area contributed by atoms with Crippen molar-refractivity contribution in [3.05, 3.63) is 23.9 Å². The number of pyridine rings is 1. The van der Waals surface area contributed by atoms with Gasteiger partial charge in [0.1, 0.15) is 0 Å². The molecule has 1 saturated heterocycles. The minimum Gasteiger partial charge on any atom is -0.481 e. The van der Waals surface area contributed by atoms with E-state index in [1.165, 1.54) is 24.9 Å². The zero-order valence-corrected chi connectivity index (χ0v) is 10.6. The van der Waals surface area contributed by atoms with Crippen LogP contribution in [-0.2, 0) is 6.54 Å². The minimum atomic E-state index is 0.632. The minimum absolute atomic E-state index is 0.632. The molecular formula is C13H21N3O. The van der Waals surface area contributed by atoms with Gasteiger partial charge in [-0.1, -0.05) is 0 Å². The summed E-state index contributed by atoms with van der Waals surface area (Å²) < 4.78 is 5.14. The zero-order valence-electron chi connectivity index (χ0n) is 10.6. The highest BCUT2D eigenvalue weighted by Gasteiger charge is 2.18. The molecule has 1 N–H and O–H groups in total. The van der Waals surface area contributed by atoms with Gasteiger partial charge in [0.2, 0.25) is 5.88 Å². The summed E-state index contributed by atoms with van der Waals surface area (Å²) in [7, 11) is 3.70. The summed E-state index contributed by atoms with van der Waals surface area (Å²) in [5, 5.41) is 3.36. The van der Waals surface area contributed by atoms with Crippen molar-refractivity contribution in [2.24, 2.45) is 0 Å². The zero-order chi connectivity index (χ0) is 12.1. The monoisotopic (exact) mass is 235 g/mol. The lowest BCUT2D eigenvalue weighted by Crippen LogP contribution is -2.43. The van der Waals surface area contributed by atoms with Crippen molar-refractivity contribution in [3.8, 4) is 5.88 Å². The van der Waals surface area contributed by atoms with Crippen molar-refractivity contribution < 1.29 is 4.74 Å². The second-order valence-corrected chi connectivity index (χ2v) is 4.57. The Balaban J connectivity index is 1.95. The van der Waals surface area contributed by atoms with Gasteiger partial charge in [-0.25, -0.2) is 4.98 Å². The number of aromatic nitrogens is 1. The second-order valence-electron chi connectivity index (χ2n) is 4.57. The first-order valence-corrected chi connectivity index (χ1v) is 6.20. The third-order valence-electron chi connectivity index (χ3n) is 3.33. The van der Waals surface area contributed by atoms with Crippen LogP contribution in [0, 0.1) is 0 Å². The summed E-state index contributed by atoms with van der Waals surface area (Å²) in [6.45, 7) is 3.29. The van der Waals surface area contributed by atoms with E-state index in [0.717, 1.165) is 13.1 Å². The van der Waals surface area contributed by atoms with Crippen molar-refractivity contribution in [2.75, 3.05) is 27.2 Å². The molecule has 2 heterocycles. The van der Waals surface area contributed by atoms with Crippen molar-refractivity contribution in [1.29, 1.82) is 0 Å². The molecule has 1 aromatic heterocycles. The van der Waals surface area contributed by atoms with Gasteiger partial charge >= 0.3 is 0 Å². The Morgan fingerprint density at radius 2 is 2.47 bits per heavy atom. The molecule has 2 rings (SSSR count). The first-order valence-electron chi connectivity index (χ1n) is 6.20. The average molecular weight is 235 g/mol. The number of hydrogen-bond donors (Lipinski definition) is 1. The Kier molecular flexibility index (Phi) is 4.34. The summed E-state index contributed by atoms with van der Waals surface area (Å²) in [5.41, 5.74) is 1.27. The van der Waals surface area contributed by atoms with E-state index in [2.05, 4.69) is 21.3 Å². The van der Waals surface area contributed by atoms with E-state index in [4.69, 9.17) is 4.74 Å². The maximum absolute atomic E-state index is 5.14. The Bertz CT molecular complexity index is 356. The molecule has 1 atom stereocenters. The number of methoxy groups -OCH3 is 1. The van der Waals surface area contributed by atoms with Crippen LogP contribution in [-0.4, -0.2) is 43.2 Å². The maximum Gasteiger partial charge on any atom is 0.213 e. The van der Waals surface area contributed by atoms with Crippen LogP contribution in [0.15, 0.2) is 18.3 Å². The highest BCUT2D eigenvalue weighted by molar-refractivity contribution is 5.20. The Morgan fingerprint density at radius 1 is 1.59 bits per heavy atom. The lowest BCUT2D eigenvalue weighted by atomic mass is 10.1. The largest absolute Gasteiger partial charge is 0.481 e. The van der Waals surface area contributed by atoms with Crippen LogP contribution in [0.3, 0.4) is 0 Å². The summed E-state index contributed by atoms with van der Waals surface area (Å²) in [6.07, 6.45) is 4.37. The molecule has 17 heavy (non-hydrogen) atoms. The Hall–Kier alpha value is -1.13. The molecule has 0 aromatic carbocycles. The predicted octanol–water partition coefficient (Wildman–Crippen LogP) is 1.27. The van der Waals surface area contributed by atoms with Gasteiger partial charge in [0.05, 0.1) is 7.11 Å². The number of ether oxygens (including phenoxy) is 1. The molecule has 1 fully saturated rings. The third kappa shape index (κ3) is 3.41. The normalized spacial score (nSPS) is 21.4. The highest BCUT2D eigenvalue weighted by atomic mass is 16.5. The van der Waals surface area contributed by atoms with Crippen LogP contribution in [0.5, 0.6) is 5.88 Å². The third-order valence-corrected chi connectivity index (χ3v) is 3.33. The van der Waals surface area contributed by atoms with E-state index in [9.17, 15) is 0 Å². The molecule has 0 spiro atoms. The van der Waals surface area contributed by atoms with E-state index in [-0.39, 0.29) is 0 Å². The van der Waals surface area contributed by atoms with E-state index in [1.807, 2.05) is 19.3 Å². The summed E-state index contributed by atoms with van der Waals surface area (Å²) in [5.74, 6) is 0.699. The molecule has 4 nitrogen and oxygen atoms in total. The van der Waals surface area contributed by atoms with E-state index in [0.29, 0.717) is 11.9 Å². The smallest absolute Gasteiger partial charge is 0.213 e. The number of hydrogen-bond acceptors (Lipinski definition) is 4. The molecule has 1 aliphatic rings. The lowest BCUT2D eigenvalue weighted by Gasteiger charge is -2.32. The van der Waals surface area contributed by atoms with Gasteiger partial charge in [-0.15, -0.1) is 0 Å². The van der Waals surface area contributed by atoms with Crippen LogP contribution < -0.4 is 10.1 Å². The number of piperidine rings is 1. The van der Waals surface area contributed by atoms with Crippen molar-refractivity contribution >= 4 is 0 Å². The second kappa shape index (κ2) is 5.98. The summed E-state index contributed by atoms with van der Waals surface area (Å²) in [4.78, 5) is 6.61. The molecular weight excluding hydrogens is 214 g/mol. The molecule has 1 aliphatic heterocycles. The van der Waals surface area contributed by atoms with Crippen molar-refractivity contribution in [1.82, 2.24) is 15.2 Å². The number of likely N-dealkylation sites (tertiary alicyclic amines) is 1. The molecule has 1 unspecified atom stereocenters. The average Bonchev–Trinajstić information content (AvgIpc) is 2.39.